The van der Waals surface area contributed by atoms with Crippen LogP contribution in [-0.4, -0.2) is 24.9 Å². The van der Waals surface area contributed by atoms with Crippen molar-refractivity contribution in [3.05, 3.63) is 29.6 Å². The van der Waals surface area contributed by atoms with Gasteiger partial charge in [0, 0.05) is 7.11 Å². The normalized spacial score (nSPS) is 28.1. The van der Waals surface area contributed by atoms with Gasteiger partial charge in [0.05, 0.1) is 12.7 Å². The van der Waals surface area contributed by atoms with E-state index in [0.29, 0.717) is 11.5 Å². The average Bonchev–Trinajstić information content (AvgIpc) is 2.47. The second-order valence-corrected chi connectivity index (χ2v) is 5.75. The van der Waals surface area contributed by atoms with E-state index in [4.69, 9.17) is 9.47 Å². The molecule has 20 heavy (non-hydrogen) atoms. The molecule has 0 amide bonds. The summed E-state index contributed by atoms with van der Waals surface area (Å²) in [6.45, 7) is 2.21. The first kappa shape index (κ1) is 15.3. The first-order chi connectivity index (χ1) is 9.52. The zero-order valence-corrected chi connectivity index (χ0v) is 12.4. The van der Waals surface area contributed by atoms with E-state index in [1.54, 1.807) is 19.2 Å². The standard InChI is InChI=1S/C16H23FO3/c1-11-6-8-16(20-3,9-7-11)15(18)12-4-5-14(19-2)13(17)10-12/h4-5,10-11,15,18H,6-9H2,1-3H3. The predicted molar refractivity (Wildman–Crippen MR) is 75.3 cm³/mol. The van der Waals surface area contributed by atoms with Gasteiger partial charge in [0.1, 0.15) is 6.10 Å². The summed E-state index contributed by atoms with van der Waals surface area (Å²) in [5.41, 5.74) is -0.0622. The fourth-order valence-electron chi connectivity index (χ4n) is 3.00. The van der Waals surface area contributed by atoms with Crippen molar-refractivity contribution in [2.45, 2.75) is 44.3 Å². The number of methoxy groups -OCH3 is 2. The minimum absolute atomic E-state index is 0.185. The third-order valence-corrected chi connectivity index (χ3v) is 4.52. The highest BCUT2D eigenvalue weighted by atomic mass is 19.1. The van der Waals surface area contributed by atoms with Crippen molar-refractivity contribution in [2.24, 2.45) is 5.92 Å². The Labute approximate surface area is 119 Å². The van der Waals surface area contributed by atoms with Gasteiger partial charge in [-0.05, 0) is 49.3 Å². The Kier molecular flexibility index (Phi) is 4.66. The number of hydrogen-bond donors (Lipinski definition) is 1. The molecule has 1 fully saturated rings. The largest absolute Gasteiger partial charge is 0.494 e. The lowest BCUT2D eigenvalue weighted by Crippen LogP contribution is -2.41. The van der Waals surface area contributed by atoms with Crippen LogP contribution in [0, 0.1) is 11.7 Å². The second kappa shape index (κ2) is 6.10. The molecule has 1 aliphatic carbocycles. The fourth-order valence-corrected chi connectivity index (χ4v) is 3.00. The van der Waals surface area contributed by atoms with Gasteiger partial charge in [-0.1, -0.05) is 13.0 Å². The molecule has 1 aromatic rings. The molecule has 3 nitrogen and oxygen atoms in total. The van der Waals surface area contributed by atoms with E-state index in [9.17, 15) is 9.50 Å². The summed E-state index contributed by atoms with van der Waals surface area (Å²) in [6, 6.07) is 4.58. The molecule has 0 saturated heterocycles. The molecule has 0 heterocycles. The monoisotopic (exact) mass is 282 g/mol. The molecular formula is C16H23FO3. The minimum Gasteiger partial charge on any atom is -0.494 e. The van der Waals surface area contributed by atoms with Gasteiger partial charge in [-0.25, -0.2) is 4.39 Å². The highest BCUT2D eigenvalue weighted by Gasteiger charge is 2.41. The first-order valence-corrected chi connectivity index (χ1v) is 7.09. The number of aliphatic hydroxyl groups excluding tert-OH is 1. The van der Waals surface area contributed by atoms with Gasteiger partial charge >= 0.3 is 0 Å². The van der Waals surface area contributed by atoms with Crippen LogP contribution in [-0.2, 0) is 4.74 Å². The quantitative estimate of drug-likeness (QED) is 0.919. The number of ether oxygens (including phenoxy) is 2. The van der Waals surface area contributed by atoms with Crippen LogP contribution in [0.1, 0.15) is 44.3 Å². The summed E-state index contributed by atoms with van der Waals surface area (Å²) >= 11 is 0. The van der Waals surface area contributed by atoms with Crippen LogP contribution in [0.15, 0.2) is 18.2 Å². The molecule has 0 aromatic heterocycles. The van der Waals surface area contributed by atoms with Gasteiger partial charge in [-0.2, -0.15) is 0 Å². The van der Waals surface area contributed by atoms with Crippen LogP contribution in [0.5, 0.6) is 5.75 Å². The summed E-state index contributed by atoms with van der Waals surface area (Å²) in [7, 11) is 3.05. The number of aliphatic hydroxyl groups is 1. The lowest BCUT2D eigenvalue weighted by Gasteiger charge is -2.41. The highest BCUT2D eigenvalue weighted by molar-refractivity contribution is 5.31. The van der Waals surface area contributed by atoms with Crippen molar-refractivity contribution in [2.75, 3.05) is 14.2 Å². The van der Waals surface area contributed by atoms with Gasteiger partial charge in [0.25, 0.3) is 0 Å². The molecule has 1 saturated carbocycles. The zero-order chi connectivity index (χ0) is 14.8. The SMILES string of the molecule is COc1ccc(C(O)C2(OC)CCC(C)CC2)cc1F. The molecule has 1 aliphatic rings. The summed E-state index contributed by atoms with van der Waals surface area (Å²) in [4.78, 5) is 0. The van der Waals surface area contributed by atoms with Gasteiger partial charge in [0.2, 0.25) is 0 Å². The smallest absolute Gasteiger partial charge is 0.165 e. The molecule has 0 radical (unpaired) electrons. The molecule has 112 valence electrons. The molecule has 2 rings (SSSR count). The van der Waals surface area contributed by atoms with Crippen molar-refractivity contribution in [3.63, 3.8) is 0 Å². The fraction of sp³-hybridized carbons (Fsp3) is 0.625. The summed E-state index contributed by atoms with van der Waals surface area (Å²) in [5.74, 6) is 0.377. The number of hydrogen-bond acceptors (Lipinski definition) is 3. The molecule has 1 aromatic carbocycles. The highest BCUT2D eigenvalue weighted by Crippen LogP contribution is 2.43. The van der Waals surface area contributed by atoms with Crippen LogP contribution >= 0.6 is 0 Å². The summed E-state index contributed by atoms with van der Waals surface area (Å²) in [6.07, 6.45) is 2.80. The van der Waals surface area contributed by atoms with E-state index >= 15 is 0 Å². The lowest BCUT2D eigenvalue weighted by atomic mass is 9.74. The topological polar surface area (TPSA) is 38.7 Å². The van der Waals surface area contributed by atoms with Crippen LogP contribution < -0.4 is 4.74 Å². The van der Waals surface area contributed by atoms with E-state index in [0.717, 1.165) is 25.7 Å². The molecule has 1 atom stereocenters. The predicted octanol–water partition coefficient (Wildman–Crippen LogP) is 3.46. The molecule has 0 spiro atoms. The van der Waals surface area contributed by atoms with E-state index in [1.807, 2.05) is 0 Å². The van der Waals surface area contributed by atoms with Crippen LogP contribution in [0.25, 0.3) is 0 Å². The van der Waals surface area contributed by atoms with Crippen molar-refractivity contribution in [1.29, 1.82) is 0 Å². The van der Waals surface area contributed by atoms with Gasteiger partial charge in [0.15, 0.2) is 11.6 Å². The van der Waals surface area contributed by atoms with Crippen LogP contribution in [0.3, 0.4) is 0 Å². The van der Waals surface area contributed by atoms with Crippen molar-refractivity contribution < 1.29 is 19.0 Å². The van der Waals surface area contributed by atoms with Crippen LogP contribution in [0.2, 0.25) is 0 Å². The average molecular weight is 282 g/mol. The molecule has 1 unspecified atom stereocenters. The van der Waals surface area contributed by atoms with E-state index < -0.39 is 17.5 Å². The number of halogens is 1. The summed E-state index contributed by atoms with van der Waals surface area (Å²) < 4.78 is 24.3. The maximum absolute atomic E-state index is 13.8. The molecule has 0 aliphatic heterocycles. The van der Waals surface area contributed by atoms with Crippen molar-refractivity contribution in [3.8, 4) is 5.75 Å². The second-order valence-electron chi connectivity index (χ2n) is 5.75. The summed E-state index contributed by atoms with van der Waals surface area (Å²) in [5, 5.41) is 10.6. The Morgan fingerprint density at radius 2 is 1.95 bits per heavy atom. The van der Waals surface area contributed by atoms with Crippen LogP contribution in [0.4, 0.5) is 4.39 Å². The van der Waals surface area contributed by atoms with Gasteiger partial charge in [-0.3, -0.25) is 0 Å². The molecule has 1 N–H and O–H groups in total. The Morgan fingerprint density at radius 1 is 1.30 bits per heavy atom. The maximum Gasteiger partial charge on any atom is 0.165 e. The zero-order valence-electron chi connectivity index (χ0n) is 12.4. The minimum atomic E-state index is -0.819. The molecule has 0 bridgehead atoms. The third kappa shape index (κ3) is 2.81. The number of rotatable bonds is 4. The number of benzene rings is 1. The molecular weight excluding hydrogens is 259 g/mol. The van der Waals surface area contributed by atoms with Gasteiger partial charge in [-0.15, -0.1) is 0 Å². The van der Waals surface area contributed by atoms with E-state index in [1.165, 1.54) is 13.2 Å². The lowest BCUT2D eigenvalue weighted by molar-refractivity contribution is -0.130. The Bertz CT molecular complexity index is 453. The Morgan fingerprint density at radius 3 is 2.45 bits per heavy atom. The van der Waals surface area contributed by atoms with E-state index in [2.05, 4.69) is 6.92 Å². The third-order valence-electron chi connectivity index (χ3n) is 4.52. The molecule has 4 heteroatoms. The Hall–Kier alpha value is -1.13. The van der Waals surface area contributed by atoms with Crippen molar-refractivity contribution in [1.82, 2.24) is 0 Å². The van der Waals surface area contributed by atoms with Gasteiger partial charge < -0.3 is 14.6 Å². The Balaban J connectivity index is 2.24. The van der Waals surface area contributed by atoms with Crippen molar-refractivity contribution >= 4 is 0 Å². The maximum atomic E-state index is 13.8. The first-order valence-electron chi connectivity index (χ1n) is 7.09. The van der Waals surface area contributed by atoms with E-state index in [-0.39, 0.29) is 5.75 Å².